The van der Waals surface area contributed by atoms with Crippen LogP contribution in [0.2, 0.25) is 0 Å². The number of aliphatic carboxylic acids is 1. The largest absolute Gasteiger partial charge is 0.481 e. The van der Waals surface area contributed by atoms with Gasteiger partial charge >= 0.3 is 5.97 Å². The van der Waals surface area contributed by atoms with E-state index in [0.717, 1.165) is 27.1 Å². The number of carboxylic acid groups (broad SMARTS) is 1. The molecule has 0 saturated carbocycles. The molecule has 0 spiro atoms. The Morgan fingerprint density at radius 1 is 1.29 bits per heavy atom. The Bertz CT molecular complexity index is 721. The summed E-state index contributed by atoms with van der Waals surface area (Å²) in [4.78, 5) is 11.1. The van der Waals surface area contributed by atoms with Crippen molar-refractivity contribution in [1.82, 2.24) is 15.1 Å². The first-order valence-corrected chi connectivity index (χ1v) is 8.77. The van der Waals surface area contributed by atoms with E-state index in [4.69, 9.17) is 5.11 Å². The number of halogens is 1. The summed E-state index contributed by atoms with van der Waals surface area (Å²) in [5.74, 6) is -0.764. The van der Waals surface area contributed by atoms with Crippen LogP contribution in [0, 0.1) is 19.3 Å². The number of carboxylic acids is 1. The van der Waals surface area contributed by atoms with Crippen molar-refractivity contribution in [3.63, 3.8) is 0 Å². The Morgan fingerprint density at radius 2 is 1.92 bits per heavy atom. The van der Waals surface area contributed by atoms with Crippen LogP contribution in [-0.2, 0) is 11.3 Å². The molecule has 0 fully saturated rings. The molecule has 0 radical (unpaired) electrons. The third kappa shape index (κ3) is 4.24. The first-order chi connectivity index (χ1) is 11.2. The highest BCUT2D eigenvalue weighted by atomic mass is 79.9. The van der Waals surface area contributed by atoms with Crippen LogP contribution in [-0.4, -0.2) is 27.4 Å². The maximum atomic E-state index is 11.1. The zero-order valence-electron chi connectivity index (χ0n) is 14.6. The number of aryl methyl sites for hydroxylation is 1. The lowest BCUT2D eigenvalue weighted by Gasteiger charge is -2.19. The predicted octanol–water partition coefficient (Wildman–Crippen LogP) is 3.84. The van der Waals surface area contributed by atoms with E-state index in [2.05, 4.69) is 33.3 Å². The lowest BCUT2D eigenvalue weighted by molar-refractivity contribution is -0.147. The van der Waals surface area contributed by atoms with E-state index in [1.165, 1.54) is 0 Å². The zero-order chi connectivity index (χ0) is 17.9. The Labute approximate surface area is 151 Å². The fourth-order valence-electron chi connectivity index (χ4n) is 2.49. The summed E-state index contributed by atoms with van der Waals surface area (Å²) in [5, 5.41) is 17.1. The fourth-order valence-corrected chi connectivity index (χ4v) is 2.75. The van der Waals surface area contributed by atoms with E-state index in [1.54, 1.807) is 13.8 Å². The molecular formula is C18H24BrN3O2. The second-order valence-corrected chi connectivity index (χ2v) is 7.57. The molecule has 1 heterocycles. The van der Waals surface area contributed by atoms with Crippen molar-refractivity contribution < 1.29 is 9.90 Å². The van der Waals surface area contributed by atoms with Gasteiger partial charge in [0.25, 0.3) is 0 Å². The van der Waals surface area contributed by atoms with E-state index in [9.17, 15) is 4.79 Å². The molecule has 0 aliphatic rings. The molecule has 24 heavy (non-hydrogen) atoms. The van der Waals surface area contributed by atoms with Crippen LogP contribution in [0.25, 0.3) is 5.69 Å². The van der Waals surface area contributed by atoms with E-state index < -0.39 is 11.4 Å². The van der Waals surface area contributed by atoms with Crippen molar-refractivity contribution in [2.24, 2.45) is 5.41 Å². The molecule has 1 aromatic heterocycles. The summed E-state index contributed by atoms with van der Waals surface area (Å²) in [6, 6.07) is 8.04. The summed E-state index contributed by atoms with van der Waals surface area (Å²) in [6.45, 7) is 8.89. The van der Waals surface area contributed by atoms with Gasteiger partial charge in [0.15, 0.2) is 0 Å². The zero-order valence-corrected chi connectivity index (χ0v) is 16.1. The number of hydrogen-bond donors (Lipinski definition) is 2. The molecule has 6 heteroatoms. The monoisotopic (exact) mass is 393 g/mol. The molecule has 2 aromatic rings. The van der Waals surface area contributed by atoms with Crippen LogP contribution in [0.4, 0.5) is 0 Å². The van der Waals surface area contributed by atoms with Gasteiger partial charge in [-0.15, -0.1) is 0 Å². The molecule has 0 atom stereocenters. The number of benzene rings is 1. The van der Waals surface area contributed by atoms with E-state index in [1.807, 2.05) is 35.9 Å². The number of aromatic nitrogens is 2. The van der Waals surface area contributed by atoms with Crippen molar-refractivity contribution >= 4 is 21.9 Å². The molecular weight excluding hydrogens is 370 g/mol. The molecule has 2 rings (SSSR count). The van der Waals surface area contributed by atoms with Gasteiger partial charge in [0.05, 0.1) is 16.8 Å². The molecule has 5 nitrogen and oxygen atoms in total. The van der Waals surface area contributed by atoms with Crippen molar-refractivity contribution in [1.29, 1.82) is 0 Å². The van der Waals surface area contributed by atoms with Gasteiger partial charge in [0.2, 0.25) is 0 Å². The third-order valence-electron chi connectivity index (χ3n) is 4.32. The SMILES string of the molecule is Cc1nn(-c2ccc(Br)cc2)c(C)c1CNCCC(C)(C)C(=O)O. The Balaban J connectivity index is 2.04. The minimum Gasteiger partial charge on any atom is -0.481 e. The van der Waals surface area contributed by atoms with Crippen LogP contribution in [0.15, 0.2) is 28.7 Å². The number of nitrogens with zero attached hydrogens (tertiary/aromatic N) is 2. The van der Waals surface area contributed by atoms with Gasteiger partial charge < -0.3 is 10.4 Å². The standard InChI is InChI=1S/C18H24BrN3O2/c1-12-16(11-20-10-9-18(3,4)17(23)24)13(2)22(21-12)15-7-5-14(19)6-8-15/h5-8,20H,9-11H2,1-4H3,(H,23,24). The molecule has 0 amide bonds. The normalized spacial score (nSPS) is 11.7. The smallest absolute Gasteiger partial charge is 0.309 e. The molecule has 0 unspecified atom stereocenters. The van der Waals surface area contributed by atoms with Crippen LogP contribution in [0.5, 0.6) is 0 Å². The van der Waals surface area contributed by atoms with E-state index in [0.29, 0.717) is 19.5 Å². The van der Waals surface area contributed by atoms with Crippen molar-refractivity contribution in [2.45, 2.75) is 40.7 Å². The number of carbonyl (C=O) groups is 1. The summed E-state index contributed by atoms with van der Waals surface area (Å²) >= 11 is 3.44. The van der Waals surface area contributed by atoms with Gasteiger partial charge in [0, 0.05) is 22.3 Å². The highest BCUT2D eigenvalue weighted by molar-refractivity contribution is 9.10. The third-order valence-corrected chi connectivity index (χ3v) is 4.85. The maximum Gasteiger partial charge on any atom is 0.309 e. The summed E-state index contributed by atoms with van der Waals surface area (Å²) in [7, 11) is 0. The van der Waals surface area contributed by atoms with Gasteiger partial charge in [-0.3, -0.25) is 4.79 Å². The predicted molar refractivity (Wildman–Crippen MR) is 98.5 cm³/mol. The molecule has 130 valence electrons. The van der Waals surface area contributed by atoms with Gasteiger partial charge in [-0.2, -0.15) is 5.10 Å². The molecule has 0 saturated heterocycles. The summed E-state index contributed by atoms with van der Waals surface area (Å²) in [6.07, 6.45) is 0.585. The number of hydrogen-bond acceptors (Lipinski definition) is 3. The minimum atomic E-state index is -0.764. The Hall–Kier alpha value is -1.66. The molecule has 2 N–H and O–H groups in total. The van der Waals surface area contributed by atoms with E-state index in [-0.39, 0.29) is 0 Å². The second-order valence-electron chi connectivity index (χ2n) is 6.65. The van der Waals surface area contributed by atoms with Gasteiger partial charge in [-0.25, -0.2) is 4.68 Å². The van der Waals surface area contributed by atoms with Crippen molar-refractivity contribution in [3.8, 4) is 5.69 Å². The number of rotatable bonds is 7. The van der Waals surface area contributed by atoms with E-state index >= 15 is 0 Å². The molecule has 1 aromatic carbocycles. The minimum absolute atomic E-state index is 0.585. The summed E-state index contributed by atoms with van der Waals surface area (Å²) < 4.78 is 2.98. The van der Waals surface area contributed by atoms with Crippen LogP contribution >= 0.6 is 15.9 Å². The lowest BCUT2D eigenvalue weighted by Crippen LogP contribution is -2.29. The van der Waals surface area contributed by atoms with Gasteiger partial charge in [-0.1, -0.05) is 15.9 Å². The van der Waals surface area contributed by atoms with Crippen LogP contribution in [0.1, 0.15) is 37.2 Å². The first-order valence-electron chi connectivity index (χ1n) is 7.97. The number of nitrogens with one attached hydrogen (secondary N) is 1. The van der Waals surface area contributed by atoms with Crippen LogP contribution < -0.4 is 5.32 Å². The molecule has 0 bridgehead atoms. The lowest BCUT2D eigenvalue weighted by atomic mass is 9.90. The topological polar surface area (TPSA) is 67.2 Å². The maximum absolute atomic E-state index is 11.1. The highest BCUT2D eigenvalue weighted by Gasteiger charge is 2.26. The molecule has 0 aliphatic carbocycles. The average molecular weight is 394 g/mol. The highest BCUT2D eigenvalue weighted by Crippen LogP contribution is 2.21. The van der Waals surface area contributed by atoms with Crippen molar-refractivity contribution in [3.05, 3.63) is 45.7 Å². The van der Waals surface area contributed by atoms with Gasteiger partial charge in [0.1, 0.15) is 0 Å². The summed E-state index contributed by atoms with van der Waals surface area (Å²) in [5.41, 5.74) is 3.56. The average Bonchev–Trinajstić information content (AvgIpc) is 2.79. The Morgan fingerprint density at radius 3 is 2.50 bits per heavy atom. The van der Waals surface area contributed by atoms with Gasteiger partial charge in [-0.05, 0) is 64.9 Å². The second kappa shape index (κ2) is 7.49. The Kier molecular flexibility index (Phi) is 5.83. The first kappa shape index (κ1) is 18.7. The molecule has 0 aliphatic heterocycles. The van der Waals surface area contributed by atoms with Crippen LogP contribution in [0.3, 0.4) is 0 Å². The van der Waals surface area contributed by atoms with Crippen molar-refractivity contribution in [2.75, 3.05) is 6.54 Å². The fraction of sp³-hybridized carbons (Fsp3) is 0.444. The quantitative estimate of drug-likeness (QED) is 0.701.